The number of hydrogen-bond donors (Lipinski definition) is 0. The van der Waals surface area contributed by atoms with Crippen molar-refractivity contribution in [3.63, 3.8) is 0 Å². The summed E-state index contributed by atoms with van der Waals surface area (Å²) in [5, 5.41) is 0. The van der Waals surface area contributed by atoms with E-state index in [0.29, 0.717) is 13.0 Å². The monoisotopic (exact) mass is 509 g/mol. The zero-order chi connectivity index (χ0) is 26.8. The van der Waals surface area contributed by atoms with E-state index in [1.54, 1.807) is 0 Å². The number of unbranched alkanes of at least 4 members (excludes halogenated alkanes) is 21. The zero-order valence-corrected chi connectivity index (χ0v) is 25.6. The fourth-order valence-corrected chi connectivity index (χ4v) is 4.37. The molecule has 0 aliphatic carbocycles. The Labute approximate surface area is 228 Å². The van der Waals surface area contributed by atoms with Gasteiger partial charge in [0, 0.05) is 6.42 Å². The van der Waals surface area contributed by atoms with Crippen molar-refractivity contribution in [2.45, 2.75) is 195 Å². The summed E-state index contributed by atoms with van der Waals surface area (Å²) in [5.74, 6) is -0.0140. The van der Waals surface area contributed by atoms with Crippen LogP contribution in [0, 0.1) is 0 Å². The normalized spacial score (nSPS) is 11.0. The lowest BCUT2D eigenvalue weighted by Crippen LogP contribution is -2.04. The van der Waals surface area contributed by atoms with Crippen molar-refractivity contribution in [3.8, 4) is 0 Å². The van der Waals surface area contributed by atoms with Gasteiger partial charge in [0.25, 0.3) is 0 Å². The third-order valence-electron chi connectivity index (χ3n) is 6.82. The summed E-state index contributed by atoms with van der Waals surface area (Å²) in [4.78, 5) is 11.3. The van der Waals surface area contributed by atoms with Gasteiger partial charge in [-0.25, -0.2) is 0 Å². The topological polar surface area (TPSA) is 26.3 Å². The van der Waals surface area contributed by atoms with Gasteiger partial charge in [-0.2, -0.15) is 0 Å². The first-order valence-electron chi connectivity index (χ1n) is 16.5. The summed E-state index contributed by atoms with van der Waals surface area (Å²) in [6.45, 7) is 9.42. The van der Waals surface area contributed by atoms with Crippen molar-refractivity contribution >= 4 is 5.97 Å². The molecule has 36 heavy (non-hydrogen) atoms. The second kappa shape index (κ2) is 36.4. The molecule has 0 fully saturated rings. The highest BCUT2D eigenvalue weighted by molar-refractivity contribution is 5.69. The fraction of sp³-hybridized carbons (Fsp3) is 0.912. The van der Waals surface area contributed by atoms with E-state index in [9.17, 15) is 4.79 Å². The first-order valence-corrected chi connectivity index (χ1v) is 16.5. The van der Waals surface area contributed by atoms with Crippen LogP contribution in [0.5, 0.6) is 0 Å². The molecule has 0 radical (unpaired) electrons. The third kappa shape index (κ3) is 37.8. The van der Waals surface area contributed by atoms with Crippen LogP contribution < -0.4 is 0 Å². The predicted octanol–water partition coefficient (Wildman–Crippen LogP) is 12.3. The van der Waals surface area contributed by atoms with Crippen molar-refractivity contribution in [1.29, 1.82) is 0 Å². The molecule has 216 valence electrons. The Hall–Kier alpha value is -0.790. The maximum absolute atomic E-state index is 11.3. The summed E-state index contributed by atoms with van der Waals surface area (Å²) in [5.41, 5.74) is 0. The molecule has 0 heterocycles. The van der Waals surface area contributed by atoms with Crippen LogP contribution in [-0.4, -0.2) is 12.6 Å². The molecule has 0 saturated carbocycles. The van der Waals surface area contributed by atoms with E-state index in [0.717, 1.165) is 12.8 Å². The van der Waals surface area contributed by atoms with E-state index in [-0.39, 0.29) is 5.97 Å². The summed E-state index contributed by atoms with van der Waals surface area (Å²) >= 11 is 0. The maximum Gasteiger partial charge on any atom is 0.305 e. The molecule has 0 unspecified atom stereocenters. The number of esters is 1. The zero-order valence-electron chi connectivity index (χ0n) is 25.6. The Morgan fingerprint density at radius 3 is 1.17 bits per heavy atom. The highest BCUT2D eigenvalue weighted by atomic mass is 16.5. The number of rotatable bonds is 27. The minimum absolute atomic E-state index is 0.0140. The van der Waals surface area contributed by atoms with Gasteiger partial charge in [-0.15, -0.1) is 0 Å². The molecule has 0 rings (SSSR count). The minimum Gasteiger partial charge on any atom is -0.466 e. The van der Waals surface area contributed by atoms with Crippen molar-refractivity contribution in [1.82, 2.24) is 0 Å². The van der Waals surface area contributed by atoms with E-state index in [4.69, 9.17) is 4.74 Å². The molecular formula is C34H68O2. The average Bonchev–Trinajstić information content (AvgIpc) is 2.89. The molecule has 0 aromatic rings. The van der Waals surface area contributed by atoms with Gasteiger partial charge in [0.15, 0.2) is 0 Å². The van der Waals surface area contributed by atoms with E-state index in [1.807, 2.05) is 6.92 Å². The summed E-state index contributed by atoms with van der Waals surface area (Å²) in [7, 11) is 0. The van der Waals surface area contributed by atoms with Crippen molar-refractivity contribution in [2.75, 3.05) is 6.61 Å². The van der Waals surface area contributed by atoms with Gasteiger partial charge >= 0.3 is 5.97 Å². The van der Waals surface area contributed by atoms with E-state index < -0.39 is 0 Å². The van der Waals surface area contributed by atoms with Gasteiger partial charge < -0.3 is 4.74 Å². The third-order valence-corrected chi connectivity index (χ3v) is 6.82. The number of carbonyl (C=O) groups is 1. The molecule has 0 aromatic heterocycles. The second-order valence-electron chi connectivity index (χ2n) is 10.7. The highest BCUT2D eigenvalue weighted by Gasteiger charge is 2.01. The number of ether oxygens (including phenoxy) is 1. The molecule has 0 bridgehead atoms. The van der Waals surface area contributed by atoms with Crippen molar-refractivity contribution in [2.24, 2.45) is 0 Å². The standard InChI is InChI=1S/C19H38O2.C15H30/c1-3-5-6-7-8-9-10-11-12-13-14-15-16-17-19(20)21-18-4-2;1-3-5-7-9-11-13-15-14-12-10-8-6-4-2/h3-18H2,1-2H3;13,15H,3-12,14H2,1-2H3/b;15-13-. The van der Waals surface area contributed by atoms with Gasteiger partial charge in [0.2, 0.25) is 0 Å². The minimum atomic E-state index is -0.0140. The lowest BCUT2D eigenvalue weighted by molar-refractivity contribution is -0.143. The molecular weight excluding hydrogens is 440 g/mol. The van der Waals surface area contributed by atoms with Crippen LogP contribution in [0.15, 0.2) is 12.2 Å². The first-order chi connectivity index (χ1) is 17.7. The smallest absolute Gasteiger partial charge is 0.305 e. The SMILES string of the molecule is CCCCCC/C=C\CCCCCCC.CCCCCCCCCCCCCCCC(=O)OCCC. The lowest BCUT2D eigenvalue weighted by Gasteiger charge is -2.04. The Balaban J connectivity index is 0. The average molecular weight is 509 g/mol. The molecule has 0 aliphatic heterocycles. The molecule has 0 aliphatic rings. The van der Waals surface area contributed by atoms with Crippen molar-refractivity contribution in [3.05, 3.63) is 12.2 Å². The quantitative estimate of drug-likeness (QED) is 0.0626. The second-order valence-corrected chi connectivity index (χ2v) is 10.7. The van der Waals surface area contributed by atoms with E-state index >= 15 is 0 Å². The first kappa shape index (κ1) is 37.4. The van der Waals surface area contributed by atoms with Crippen LogP contribution in [0.1, 0.15) is 195 Å². The highest BCUT2D eigenvalue weighted by Crippen LogP contribution is 2.13. The molecule has 2 nitrogen and oxygen atoms in total. The van der Waals surface area contributed by atoms with Crippen LogP contribution in [0.2, 0.25) is 0 Å². The summed E-state index contributed by atoms with van der Waals surface area (Å²) in [6.07, 6.45) is 38.9. The van der Waals surface area contributed by atoms with E-state index in [2.05, 4.69) is 32.9 Å². The Morgan fingerprint density at radius 1 is 0.444 bits per heavy atom. The van der Waals surface area contributed by atoms with Crippen LogP contribution in [0.3, 0.4) is 0 Å². The summed E-state index contributed by atoms with van der Waals surface area (Å²) in [6, 6.07) is 0. The molecule has 0 spiro atoms. The fourth-order valence-electron chi connectivity index (χ4n) is 4.37. The van der Waals surface area contributed by atoms with Gasteiger partial charge in [-0.3, -0.25) is 4.79 Å². The molecule has 0 N–H and O–H groups in total. The van der Waals surface area contributed by atoms with Crippen LogP contribution in [-0.2, 0) is 9.53 Å². The van der Waals surface area contributed by atoms with E-state index in [1.165, 1.54) is 148 Å². The summed E-state index contributed by atoms with van der Waals surface area (Å²) < 4.78 is 5.06. The van der Waals surface area contributed by atoms with Crippen LogP contribution >= 0.6 is 0 Å². The van der Waals surface area contributed by atoms with Gasteiger partial charge in [0.05, 0.1) is 6.61 Å². The molecule has 0 saturated heterocycles. The number of hydrogen-bond acceptors (Lipinski definition) is 2. The van der Waals surface area contributed by atoms with Crippen LogP contribution in [0.4, 0.5) is 0 Å². The Morgan fingerprint density at radius 2 is 0.778 bits per heavy atom. The molecule has 2 heteroatoms. The predicted molar refractivity (Wildman–Crippen MR) is 163 cm³/mol. The number of carbonyl (C=O) groups excluding carboxylic acids is 1. The Kier molecular flexibility index (Phi) is 37.7. The van der Waals surface area contributed by atoms with Gasteiger partial charge in [-0.05, 0) is 38.5 Å². The Bertz CT molecular complexity index is 415. The van der Waals surface area contributed by atoms with Crippen LogP contribution in [0.25, 0.3) is 0 Å². The largest absolute Gasteiger partial charge is 0.466 e. The number of allylic oxidation sites excluding steroid dienone is 2. The van der Waals surface area contributed by atoms with Crippen molar-refractivity contribution < 1.29 is 9.53 Å². The van der Waals surface area contributed by atoms with Gasteiger partial charge in [0.1, 0.15) is 0 Å². The maximum atomic E-state index is 11.3. The lowest BCUT2D eigenvalue weighted by atomic mass is 10.0. The molecule has 0 amide bonds. The van der Waals surface area contributed by atoms with Gasteiger partial charge in [-0.1, -0.05) is 162 Å². The molecule has 0 atom stereocenters. The molecule has 0 aromatic carbocycles.